The zero-order chi connectivity index (χ0) is 21.9. The molecule has 0 amide bonds. The first-order valence-corrected chi connectivity index (χ1v) is 12.2. The van der Waals surface area contributed by atoms with Crippen molar-refractivity contribution < 1.29 is 0 Å². The molecule has 2 aliphatic heterocycles. The van der Waals surface area contributed by atoms with E-state index in [1.165, 1.54) is 85.6 Å². The molecule has 3 aromatic carbocycles. The van der Waals surface area contributed by atoms with Crippen LogP contribution in [0.3, 0.4) is 0 Å². The molecule has 0 spiro atoms. The number of hydrogen-bond acceptors (Lipinski definition) is 3. The summed E-state index contributed by atoms with van der Waals surface area (Å²) in [5.74, 6) is 0.242. The fourth-order valence-electron chi connectivity index (χ4n) is 5.25. The van der Waals surface area contributed by atoms with Crippen molar-refractivity contribution in [1.29, 1.82) is 0 Å². The van der Waals surface area contributed by atoms with Crippen LogP contribution < -0.4 is 14.7 Å². The maximum atomic E-state index is 2.51. The van der Waals surface area contributed by atoms with Gasteiger partial charge >= 0.3 is 0 Å². The van der Waals surface area contributed by atoms with Crippen molar-refractivity contribution >= 4 is 17.1 Å². The van der Waals surface area contributed by atoms with Crippen LogP contribution in [0.5, 0.6) is 0 Å². The minimum atomic E-state index is 0.242. The average molecular weight is 426 g/mol. The summed E-state index contributed by atoms with van der Waals surface area (Å²) in [5, 5.41) is 0. The smallest absolute Gasteiger partial charge is 0.0366 e. The summed E-state index contributed by atoms with van der Waals surface area (Å²) in [5.41, 5.74) is 8.02. The van der Waals surface area contributed by atoms with E-state index in [0.29, 0.717) is 0 Å². The van der Waals surface area contributed by atoms with Gasteiger partial charge in [0.25, 0.3) is 0 Å². The fraction of sp³-hybridized carbons (Fsp3) is 0.379. The Balaban J connectivity index is 1.48. The third-order valence-electron chi connectivity index (χ3n) is 7.14. The van der Waals surface area contributed by atoms with Crippen LogP contribution in [0.2, 0.25) is 0 Å². The number of rotatable bonds is 6. The van der Waals surface area contributed by atoms with Gasteiger partial charge in [-0.15, -0.1) is 0 Å². The lowest BCUT2D eigenvalue weighted by molar-refractivity contribution is 0.946. The summed E-state index contributed by atoms with van der Waals surface area (Å²) in [6.07, 6.45) is 5.25. The predicted octanol–water partition coefficient (Wildman–Crippen LogP) is 6.13. The molecule has 0 radical (unpaired) electrons. The molecule has 2 aliphatic rings. The van der Waals surface area contributed by atoms with E-state index in [2.05, 4.69) is 102 Å². The highest BCUT2D eigenvalue weighted by atomic mass is 15.1. The van der Waals surface area contributed by atoms with Gasteiger partial charge in [0.05, 0.1) is 0 Å². The molecule has 0 bridgehead atoms. The van der Waals surface area contributed by atoms with E-state index in [1.54, 1.807) is 0 Å². The second-order valence-corrected chi connectivity index (χ2v) is 9.49. The number of nitrogens with zero attached hydrogens (tertiary/aromatic N) is 3. The van der Waals surface area contributed by atoms with Crippen molar-refractivity contribution in [3.63, 3.8) is 0 Å². The molecule has 2 saturated heterocycles. The first kappa shape index (κ1) is 20.9. The monoisotopic (exact) mass is 425 g/mol. The van der Waals surface area contributed by atoms with E-state index in [1.807, 2.05) is 0 Å². The molecule has 0 aromatic heterocycles. The van der Waals surface area contributed by atoms with E-state index in [9.17, 15) is 0 Å². The molecule has 3 heteroatoms. The highest BCUT2D eigenvalue weighted by molar-refractivity contribution is 5.56. The van der Waals surface area contributed by atoms with Crippen LogP contribution in [0.4, 0.5) is 17.1 Å². The Bertz CT molecular complexity index is 934. The minimum Gasteiger partial charge on any atom is -0.378 e. The van der Waals surface area contributed by atoms with Crippen molar-refractivity contribution in [3.8, 4) is 0 Å². The number of hydrogen-bond donors (Lipinski definition) is 0. The lowest BCUT2D eigenvalue weighted by atomic mass is 9.85. The van der Waals surface area contributed by atoms with Gasteiger partial charge in [-0.3, -0.25) is 0 Å². The zero-order valence-corrected chi connectivity index (χ0v) is 19.5. The summed E-state index contributed by atoms with van der Waals surface area (Å²) < 4.78 is 0. The molecule has 0 unspecified atom stereocenters. The van der Waals surface area contributed by atoms with Gasteiger partial charge in [0.15, 0.2) is 0 Å². The summed E-state index contributed by atoms with van der Waals surface area (Å²) in [7, 11) is 4.20. The van der Waals surface area contributed by atoms with E-state index >= 15 is 0 Å². The molecule has 0 atom stereocenters. The van der Waals surface area contributed by atoms with Gasteiger partial charge in [0, 0.05) is 63.3 Å². The molecule has 2 fully saturated rings. The molecule has 32 heavy (non-hydrogen) atoms. The maximum Gasteiger partial charge on any atom is 0.0366 e. The average Bonchev–Trinajstić information content (AvgIpc) is 3.55. The van der Waals surface area contributed by atoms with Crippen LogP contribution in [0, 0.1) is 0 Å². The first-order valence-electron chi connectivity index (χ1n) is 12.2. The quantitative estimate of drug-likeness (QED) is 0.440. The highest BCUT2D eigenvalue weighted by Crippen LogP contribution is 2.35. The van der Waals surface area contributed by atoms with Gasteiger partial charge in [-0.2, -0.15) is 0 Å². The van der Waals surface area contributed by atoms with Crippen molar-refractivity contribution in [1.82, 2.24) is 0 Å². The van der Waals surface area contributed by atoms with E-state index in [4.69, 9.17) is 0 Å². The SMILES string of the molecule is CN(C)c1ccc(C(c2ccc(N3CCCC3)cc2)c2ccc(N3CCCC3)cc2)cc1. The molecular weight excluding hydrogens is 390 g/mol. The second kappa shape index (κ2) is 9.28. The minimum absolute atomic E-state index is 0.242. The van der Waals surface area contributed by atoms with Gasteiger partial charge < -0.3 is 14.7 Å². The van der Waals surface area contributed by atoms with E-state index in [0.717, 1.165) is 0 Å². The van der Waals surface area contributed by atoms with Crippen LogP contribution >= 0.6 is 0 Å². The second-order valence-electron chi connectivity index (χ2n) is 9.49. The summed E-state index contributed by atoms with van der Waals surface area (Å²) in [6, 6.07) is 27.7. The van der Waals surface area contributed by atoms with Crippen LogP contribution in [-0.4, -0.2) is 40.3 Å². The summed E-state index contributed by atoms with van der Waals surface area (Å²) >= 11 is 0. The summed E-state index contributed by atoms with van der Waals surface area (Å²) in [4.78, 5) is 7.18. The van der Waals surface area contributed by atoms with Gasteiger partial charge in [-0.1, -0.05) is 36.4 Å². The van der Waals surface area contributed by atoms with Gasteiger partial charge in [-0.05, 0) is 78.8 Å². The van der Waals surface area contributed by atoms with Crippen LogP contribution in [-0.2, 0) is 0 Å². The number of benzene rings is 3. The molecule has 0 N–H and O–H groups in total. The van der Waals surface area contributed by atoms with Crippen molar-refractivity contribution in [2.45, 2.75) is 31.6 Å². The van der Waals surface area contributed by atoms with Crippen molar-refractivity contribution in [3.05, 3.63) is 89.5 Å². The highest BCUT2D eigenvalue weighted by Gasteiger charge is 2.20. The van der Waals surface area contributed by atoms with Gasteiger partial charge in [0.2, 0.25) is 0 Å². The van der Waals surface area contributed by atoms with Crippen LogP contribution in [0.15, 0.2) is 72.8 Å². The van der Waals surface area contributed by atoms with E-state index < -0.39 is 0 Å². The maximum absolute atomic E-state index is 2.51. The van der Waals surface area contributed by atoms with E-state index in [-0.39, 0.29) is 5.92 Å². The topological polar surface area (TPSA) is 9.72 Å². The lowest BCUT2D eigenvalue weighted by Gasteiger charge is -2.24. The third-order valence-corrected chi connectivity index (χ3v) is 7.14. The van der Waals surface area contributed by atoms with Gasteiger partial charge in [0.1, 0.15) is 0 Å². The Labute approximate surface area is 193 Å². The molecule has 3 nitrogen and oxygen atoms in total. The Kier molecular flexibility index (Phi) is 6.07. The van der Waals surface area contributed by atoms with Crippen LogP contribution in [0.25, 0.3) is 0 Å². The summed E-state index contributed by atoms with van der Waals surface area (Å²) in [6.45, 7) is 4.75. The normalized spacial score (nSPS) is 16.2. The standard InChI is InChI=1S/C29H35N3/c1-30(2)26-13-7-23(8-14-26)29(24-9-15-27(16-10-24)31-19-3-4-20-31)25-11-17-28(18-12-25)32-21-5-6-22-32/h7-18,29H,3-6,19-22H2,1-2H3. The lowest BCUT2D eigenvalue weighted by Crippen LogP contribution is -2.18. The zero-order valence-electron chi connectivity index (χ0n) is 19.5. The molecule has 166 valence electrons. The Morgan fingerprint density at radius 1 is 0.531 bits per heavy atom. The van der Waals surface area contributed by atoms with Gasteiger partial charge in [-0.25, -0.2) is 0 Å². The Morgan fingerprint density at radius 3 is 1.22 bits per heavy atom. The predicted molar refractivity (Wildman–Crippen MR) is 137 cm³/mol. The molecule has 5 rings (SSSR count). The molecule has 0 aliphatic carbocycles. The third kappa shape index (κ3) is 4.34. The molecular formula is C29H35N3. The first-order chi connectivity index (χ1) is 15.7. The molecule has 2 heterocycles. The largest absolute Gasteiger partial charge is 0.378 e. The Hall–Kier alpha value is -2.94. The fourth-order valence-corrected chi connectivity index (χ4v) is 5.25. The molecule has 0 saturated carbocycles. The molecule has 3 aromatic rings. The van der Waals surface area contributed by atoms with Crippen molar-refractivity contribution in [2.24, 2.45) is 0 Å². The van der Waals surface area contributed by atoms with Crippen molar-refractivity contribution in [2.75, 3.05) is 55.0 Å². The number of anilines is 3. The Morgan fingerprint density at radius 2 is 0.875 bits per heavy atom. The van der Waals surface area contributed by atoms with Crippen LogP contribution in [0.1, 0.15) is 48.3 Å².